The summed E-state index contributed by atoms with van der Waals surface area (Å²) in [5.41, 5.74) is 11.5. The van der Waals surface area contributed by atoms with Crippen molar-refractivity contribution in [3.05, 3.63) is 132 Å². The highest BCUT2D eigenvalue weighted by atomic mass is 16.5. The SMILES string of the molecule is NC(=O)c1cccc2c1c1[c]cc(-c3ccccc3)cc1n2Cc1ccc(Oc2ccccc2)cc1. The van der Waals surface area contributed by atoms with Gasteiger partial charge in [0.2, 0.25) is 5.91 Å². The molecule has 0 aliphatic rings. The minimum atomic E-state index is -0.442. The monoisotopic (exact) mass is 467 g/mol. The molecule has 36 heavy (non-hydrogen) atoms. The average Bonchev–Trinajstić information content (AvgIpc) is 3.23. The Morgan fingerprint density at radius 3 is 2.17 bits per heavy atom. The van der Waals surface area contributed by atoms with Crippen LogP contribution >= 0.6 is 0 Å². The Bertz CT molecular complexity index is 1690. The standard InChI is InChI=1S/C32H23N2O2/c33-32(35)28-12-7-13-29-31(28)27-19-16-24(23-8-3-1-4-9-23)20-30(27)34(29)21-22-14-17-26(18-15-22)36-25-10-5-2-6-11-25/h1-18,20H,21H2,(H2,33,35). The Labute approximate surface area is 209 Å². The van der Waals surface area contributed by atoms with Gasteiger partial charge in [-0.3, -0.25) is 4.79 Å². The van der Waals surface area contributed by atoms with Crippen molar-refractivity contribution in [1.29, 1.82) is 0 Å². The molecule has 1 amide bonds. The van der Waals surface area contributed by atoms with E-state index in [-0.39, 0.29) is 0 Å². The third-order valence-electron chi connectivity index (χ3n) is 6.41. The zero-order valence-electron chi connectivity index (χ0n) is 19.5. The fraction of sp³-hybridized carbons (Fsp3) is 0.0312. The molecule has 0 aliphatic carbocycles. The zero-order valence-corrected chi connectivity index (χ0v) is 19.5. The molecular weight excluding hydrogens is 444 g/mol. The van der Waals surface area contributed by atoms with Gasteiger partial charge in [-0.15, -0.1) is 0 Å². The van der Waals surface area contributed by atoms with E-state index in [9.17, 15) is 4.79 Å². The summed E-state index contributed by atoms with van der Waals surface area (Å²) in [4.78, 5) is 12.3. The van der Waals surface area contributed by atoms with E-state index in [1.807, 2.05) is 78.9 Å². The van der Waals surface area contributed by atoms with E-state index < -0.39 is 5.91 Å². The van der Waals surface area contributed by atoms with Crippen molar-refractivity contribution in [3.63, 3.8) is 0 Å². The fourth-order valence-electron chi connectivity index (χ4n) is 4.70. The van der Waals surface area contributed by atoms with Crippen molar-refractivity contribution >= 4 is 27.7 Å². The lowest BCUT2D eigenvalue weighted by Gasteiger charge is -2.11. The number of hydrogen-bond donors (Lipinski definition) is 1. The number of carbonyl (C=O) groups excluding carboxylic acids is 1. The normalized spacial score (nSPS) is 11.1. The molecule has 1 aromatic heterocycles. The lowest BCUT2D eigenvalue weighted by Crippen LogP contribution is -2.11. The summed E-state index contributed by atoms with van der Waals surface area (Å²) in [5.74, 6) is 1.14. The maximum Gasteiger partial charge on any atom is 0.249 e. The van der Waals surface area contributed by atoms with E-state index >= 15 is 0 Å². The summed E-state index contributed by atoms with van der Waals surface area (Å²) < 4.78 is 8.18. The molecule has 4 nitrogen and oxygen atoms in total. The first-order valence-corrected chi connectivity index (χ1v) is 11.8. The van der Waals surface area contributed by atoms with Gasteiger partial charge in [-0.05, 0) is 71.3 Å². The highest BCUT2D eigenvalue weighted by molar-refractivity contribution is 6.18. The largest absolute Gasteiger partial charge is 0.457 e. The Morgan fingerprint density at radius 1 is 0.750 bits per heavy atom. The molecule has 0 atom stereocenters. The molecule has 0 unspecified atom stereocenters. The number of fused-ring (bicyclic) bond motifs is 3. The number of hydrogen-bond acceptors (Lipinski definition) is 2. The second-order valence-electron chi connectivity index (χ2n) is 8.72. The molecule has 2 N–H and O–H groups in total. The second-order valence-corrected chi connectivity index (χ2v) is 8.72. The van der Waals surface area contributed by atoms with Crippen LogP contribution in [0.15, 0.2) is 115 Å². The van der Waals surface area contributed by atoms with E-state index in [2.05, 4.69) is 41.0 Å². The van der Waals surface area contributed by atoms with Gasteiger partial charge in [0.1, 0.15) is 11.5 Å². The number of carbonyl (C=O) groups is 1. The number of amides is 1. The lowest BCUT2D eigenvalue weighted by molar-refractivity contribution is 0.100. The summed E-state index contributed by atoms with van der Waals surface area (Å²) in [5, 5.41) is 1.73. The van der Waals surface area contributed by atoms with Crippen LogP contribution in [0.25, 0.3) is 32.9 Å². The minimum absolute atomic E-state index is 0.442. The summed E-state index contributed by atoms with van der Waals surface area (Å²) >= 11 is 0. The van der Waals surface area contributed by atoms with E-state index in [1.165, 1.54) is 0 Å². The number of primary amides is 1. The number of para-hydroxylation sites is 1. The number of ether oxygens (including phenoxy) is 1. The summed E-state index contributed by atoms with van der Waals surface area (Å²) in [6.45, 7) is 0.625. The molecule has 0 aliphatic heterocycles. The lowest BCUT2D eigenvalue weighted by atomic mass is 10.0. The topological polar surface area (TPSA) is 57.2 Å². The van der Waals surface area contributed by atoms with Crippen molar-refractivity contribution in [2.75, 3.05) is 0 Å². The van der Waals surface area contributed by atoms with Gasteiger partial charge in [0.05, 0.1) is 11.0 Å². The Morgan fingerprint density at radius 2 is 1.44 bits per heavy atom. The van der Waals surface area contributed by atoms with Crippen molar-refractivity contribution < 1.29 is 9.53 Å². The number of benzene rings is 5. The van der Waals surface area contributed by atoms with E-state index in [0.717, 1.165) is 50.0 Å². The number of aromatic nitrogens is 1. The van der Waals surface area contributed by atoms with Crippen LogP contribution in [0.2, 0.25) is 0 Å². The summed E-state index contributed by atoms with van der Waals surface area (Å²) in [6.07, 6.45) is 0. The molecule has 0 saturated carbocycles. The molecule has 1 heterocycles. The zero-order chi connectivity index (χ0) is 24.5. The quantitative estimate of drug-likeness (QED) is 0.282. The molecule has 0 saturated heterocycles. The first-order valence-electron chi connectivity index (χ1n) is 11.8. The molecule has 5 aromatic carbocycles. The van der Waals surface area contributed by atoms with Gasteiger partial charge in [-0.1, -0.05) is 66.7 Å². The number of rotatable bonds is 6. The predicted molar refractivity (Wildman–Crippen MR) is 144 cm³/mol. The van der Waals surface area contributed by atoms with Gasteiger partial charge in [0, 0.05) is 22.9 Å². The minimum Gasteiger partial charge on any atom is -0.457 e. The van der Waals surface area contributed by atoms with Crippen LogP contribution in [0.3, 0.4) is 0 Å². The van der Waals surface area contributed by atoms with E-state index in [4.69, 9.17) is 10.5 Å². The van der Waals surface area contributed by atoms with Crippen LogP contribution in [0.4, 0.5) is 0 Å². The Hall–Kier alpha value is -4.83. The van der Waals surface area contributed by atoms with Gasteiger partial charge < -0.3 is 15.0 Å². The van der Waals surface area contributed by atoms with Crippen molar-refractivity contribution in [2.24, 2.45) is 5.73 Å². The number of nitrogens with two attached hydrogens (primary N) is 1. The van der Waals surface area contributed by atoms with Gasteiger partial charge in [-0.25, -0.2) is 0 Å². The smallest absolute Gasteiger partial charge is 0.249 e. The van der Waals surface area contributed by atoms with Crippen molar-refractivity contribution in [3.8, 4) is 22.6 Å². The molecule has 0 fully saturated rings. The molecule has 173 valence electrons. The molecule has 6 aromatic rings. The van der Waals surface area contributed by atoms with Gasteiger partial charge in [-0.2, -0.15) is 0 Å². The van der Waals surface area contributed by atoms with E-state index in [1.54, 1.807) is 6.07 Å². The summed E-state index contributed by atoms with van der Waals surface area (Å²) in [6, 6.07) is 41.4. The van der Waals surface area contributed by atoms with Crippen molar-refractivity contribution in [2.45, 2.75) is 6.54 Å². The molecular formula is C32H23N2O2. The molecule has 0 bridgehead atoms. The van der Waals surface area contributed by atoms with Crippen LogP contribution in [0, 0.1) is 6.07 Å². The van der Waals surface area contributed by atoms with Gasteiger partial charge in [0.15, 0.2) is 0 Å². The first kappa shape index (κ1) is 21.7. The summed E-state index contributed by atoms with van der Waals surface area (Å²) in [7, 11) is 0. The highest BCUT2D eigenvalue weighted by Crippen LogP contribution is 2.35. The Balaban J connectivity index is 1.45. The van der Waals surface area contributed by atoms with E-state index in [0.29, 0.717) is 12.1 Å². The maximum absolute atomic E-state index is 12.3. The highest BCUT2D eigenvalue weighted by Gasteiger charge is 2.17. The van der Waals surface area contributed by atoms with Crippen LogP contribution in [0.5, 0.6) is 11.5 Å². The van der Waals surface area contributed by atoms with Crippen LogP contribution in [-0.2, 0) is 6.54 Å². The first-order chi connectivity index (χ1) is 17.7. The Kier molecular flexibility index (Phi) is 5.47. The number of nitrogens with zero attached hydrogens (tertiary/aromatic N) is 1. The van der Waals surface area contributed by atoms with Crippen LogP contribution < -0.4 is 10.5 Å². The molecule has 0 spiro atoms. The third kappa shape index (κ3) is 3.99. The van der Waals surface area contributed by atoms with Crippen molar-refractivity contribution in [1.82, 2.24) is 4.57 Å². The molecule has 6 rings (SSSR count). The maximum atomic E-state index is 12.3. The third-order valence-corrected chi connectivity index (χ3v) is 6.41. The fourth-order valence-corrected chi connectivity index (χ4v) is 4.70. The average molecular weight is 468 g/mol. The van der Waals surface area contributed by atoms with Crippen LogP contribution in [-0.4, -0.2) is 10.5 Å². The molecule has 1 radical (unpaired) electrons. The van der Waals surface area contributed by atoms with Crippen LogP contribution in [0.1, 0.15) is 15.9 Å². The van der Waals surface area contributed by atoms with Gasteiger partial charge >= 0.3 is 0 Å². The van der Waals surface area contributed by atoms with Gasteiger partial charge in [0.25, 0.3) is 0 Å². The second kappa shape index (κ2) is 9.08. The molecule has 4 heteroatoms. The predicted octanol–water partition coefficient (Wildman–Crippen LogP) is 7.20.